The molecule has 1 atom stereocenters. The number of hydrogen-bond donors (Lipinski definition) is 0. The zero-order valence-corrected chi connectivity index (χ0v) is 14.8. The summed E-state index contributed by atoms with van der Waals surface area (Å²) in [4.78, 5) is 17.1. The molecule has 1 aliphatic carbocycles. The third kappa shape index (κ3) is 3.57. The van der Waals surface area contributed by atoms with Gasteiger partial charge < -0.3 is 19.3 Å². The van der Waals surface area contributed by atoms with E-state index in [9.17, 15) is 4.79 Å². The second kappa shape index (κ2) is 7.49. The van der Waals surface area contributed by atoms with Gasteiger partial charge in [0.25, 0.3) is 0 Å². The molecule has 0 unspecified atom stereocenters. The van der Waals surface area contributed by atoms with Crippen LogP contribution in [0.1, 0.15) is 32.1 Å². The standard InChI is InChI=1S/C18H32N2O3/c1-22-11-10-19-12-16(13-23-2)18(14-19)6-8-20(9-7-18)17(21)15-4-3-5-15/h15-16H,3-14H2,1-2H3/t16-/m0/s1. The Morgan fingerprint density at radius 2 is 1.91 bits per heavy atom. The van der Waals surface area contributed by atoms with Crippen LogP contribution in [0.2, 0.25) is 0 Å². The number of nitrogens with zero attached hydrogens (tertiary/aromatic N) is 2. The Morgan fingerprint density at radius 3 is 2.48 bits per heavy atom. The molecule has 3 aliphatic rings. The Bertz CT molecular complexity index is 403. The number of likely N-dealkylation sites (tertiary alicyclic amines) is 2. The van der Waals surface area contributed by atoms with Crippen LogP contribution >= 0.6 is 0 Å². The van der Waals surface area contributed by atoms with Gasteiger partial charge in [-0.3, -0.25) is 4.79 Å². The van der Waals surface area contributed by atoms with Crippen molar-refractivity contribution >= 4 is 5.91 Å². The Balaban J connectivity index is 1.58. The summed E-state index contributed by atoms with van der Waals surface area (Å²) in [6.07, 6.45) is 5.71. The quantitative estimate of drug-likeness (QED) is 0.745. The number of piperidine rings is 1. The van der Waals surface area contributed by atoms with Crippen molar-refractivity contribution in [2.24, 2.45) is 17.3 Å². The molecule has 5 nitrogen and oxygen atoms in total. The van der Waals surface area contributed by atoms with E-state index in [4.69, 9.17) is 9.47 Å². The van der Waals surface area contributed by atoms with Crippen LogP contribution in [0.15, 0.2) is 0 Å². The minimum atomic E-state index is 0.333. The highest BCUT2D eigenvalue weighted by Gasteiger charge is 2.48. The molecule has 1 spiro atoms. The van der Waals surface area contributed by atoms with Crippen LogP contribution in [0.3, 0.4) is 0 Å². The van der Waals surface area contributed by atoms with E-state index in [-0.39, 0.29) is 0 Å². The van der Waals surface area contributed by atoms with Gasteiger partial charge >= 0.3 is 0 Å². The predicted molar refractivity (Wildman–Crippen MR) is 89.3 cm³/mol. The average Bonchev–Trinajstić information content (AvgIpc) is 2.82. The van der Waals surface area contributed by atoms with Gasteiger partial charge in [0.2, 0.25) is 5.91 Å². The summed E-state index contributed by atoms with van der Waals surface area (Å²) in [7, 11) is 3.57. The predicted octanol–water partition coefficient (Wildman–Crippen LogP) is 1.62. The molecule has 5 heteroatoms. The number of ether oxygens (including phenoxy) is 2. The van der Waals surface area contributed by atoms with Crippen LogP contribution in [0.5, 0.6) is 0 Å². The maximum atomic E-state index is 12.5. The fraction of sp³-hybridized carbons (Fsp3) is 0.944. The van der Waals surface area contributed by atoms with E-state index in [1.807, 2.05) is 0 Å². The lowest BCUT2D eigenvalue weighted by molar-refractivity contribution is -0.141. The lowest BCUT2D eigenvalue weighted by Crippen LogP contribution is -2.49. The summed E-state index contributed by atoms with van der Waals surface area (Å²) in [5.74, 6) is 1.34. The summed E-state index contributed by atoms with van der Waals surface area (Å²) in [5.41, 5.74) is 0.333. The lowest BCUT2D eigenvalue weighted by atomic mass is 9.70. The average molecular weight is 324 g/mol. The molecular weight excluding hydrogens is 292 g/mol. The molecule has 0 bridgehead atoms. The second-order valence-electron chi connectivity index (χ2n) is 7.70. The topological polar surface area (TPSA) is 42.0 Å². The molecule has 3 fully saturated rings. The first-order valence-electron chi connectivity index (χ1n) is 9.17. The Labute approximate surface area is 140 Å². The number of rotatable bonds is 6. The maximum Gasteiger partial charge on any atom is 0.225 e. The third-order valence-corrected chi connectivity index (χ3v) is 6.39. The number of hydrogen-bond acceptors (Lipinski definition) is 4. The molecule has 0 aromatic heterocycles. The smallest absolute Gasteiger partial charge is 0.225 e. The van der Waals surface area contributed by atoms with Crippen molar-refractivity contribution in [1.82, 2.24) is 9.80 Å². The summed E-state index contributed by atoms with van der Waals surface area (Å²) < 4.78 is 10.7. The van der Waals surface area contributed by atoms with Gasteiger partial charge in [-0.2, -0.15) is 0 Å². The molecule has 23 heavy (non-hydrogen) atoms. The number of amides is 1. The summed E-state index contributed by atoms with van der Waals surface area (Å²) in [6, 6.07) is 0. The third-order valence-electron chi connectivity index (χ3n) is 6.39. The van der Waals surface area contributed by atoms with Gasteiger partial charge in [0.05, 0.1) is 13.2 Å². The molecule has 2 saturated heterocycles. The molecule has 0 N–H and O–H groups in total. The second-order valence-corrected chi connectivity index (χ2v) is 7.70. The highest BCUT2D eigenvalue weighted by atomic mass is 16.5. The number of carbonyl (C=O) groups excluding carboxylic acids is 1. The first kappa shape index (κ1) is 17.2. The van der Waals surface area contributed by atoms with Crippen molar-refractivity contribution in [2.75, 3.05) is 60.2 Å². The molecule has 0 aromatic carbocycles. The van der Waals surface area contributed by atoms with Crippen LogP contribution in [0.25, 0.3) is 0 Å². The van der Waals surface area contributed by atoms with Gasteiger partial charge in [-0.1, -0.05) is 6.42 Å². The lowest BCUT2D eigenvalue weighted by Gasteiger charge is -2.44. The van der Waals surface area contributed by atoms with Crippen molar-refractivity contribution in [1.29, 1.82) is 0 Å². The van der Waals surface area contributed by atoms with Crippen LogP contribution in [-0.2, 0) is 14.3 Å². The van der Waals surface area contributed by atoms with Crippen molar-refractivity contribution in [3.8, 4) is 0 Å². The monoisotopic (exact) mass is 324 g/mol. The summed E-state index contributed by atoms with van der Waals surface area (Å²) >= 11 is 0. The van der Waals surface area contributed by atoms with Gasteiger partial charge in [-0.15, -0.1) is 0 Å². The molecule has 1 amide bonds. The van der Waals surface area contributed by atoms with Crippen LogP contribution < -0.4 is 0 Å². The molecule has 0 aromatic rings. The maximum absolute atomic E-state index is 12.5. The first-order valence-corrected chi connectivity index (χ1v) is 9.17. The van der Waals surface area contributed by atoms with Crippen molar-refractivity contribution in [3.63, 3.8) is 0 Å². The van der Waals surface area contributed by atoms with E-state index in [0.717, 1.165) is 71.6 Å². The minimum absolute atomic E-state index is 0.333. The highest BCUT2D eigenvalue weighted by Crippen LogP contribution is 2.45. The number of carbonyl (C=O) groups is 1. The zero-order valence-electron chi connectivity index (χ0n) is 14.8. The van der Waals surface area contributed by atoms with E-state index in [2.05, 4.69) is 9.80 Å². The van der Waals surface area contributed by atoms with Crippen molar-refractivity contribution < 1.29 is 14.3 Å². The van der Waals surface area contributed by atoms with E-state index >= 15 is 0 Å². The molecule has 2 aliphatic heterocycles. The molecule has 0 radical (unpaired) electrons. The first-order chi connectivity index (χ1) is 11.2. The van der Waals surface area contributed by atoms with E-state index < -0.39 is 0 Å². The van der Waals surface area contributed by atoms with Gasteiger partial charge in [-0.05, 0) is 31.1 Å². The molecular formula is C18H32N2O3. The Morgan fingerprint density at radius 1 is 1.17 bits per heavy atom. The Hall–Kier alpha value is -0.650. The van der Waals surface area contributed by atoms with E-state index in [0.29, 0.717) is 23.2 Å². The fourth-order valence-electron chi connectivity index (χ4n) is 4.62. The highest BCUT2D eigenvalue weighted by molar-refractivity contribution is 5.79. The molecule has 3 rings (SSSR count). The van der Waals surface area contributed by atoms with E-state index in [1.165, 1.54) is 6.42 Å². The minimum Gasteiger partial charge on any atom is -0.384 e. The normalized spacial score (nSPS) is 28.3. The van der Waals surface area contributed by atoms with Crippen molar-refractivity contribution in [2.45, 2.75) is 32.1 Å². The Kier molecular flexibility index (Phi) is 5.60. The van der Waals surface area contributed by atoms with Gasteiger partial charge in [0.15, 0.2) is 0 Å². The fourth-order valence-corrected chi connectivity index (χ4v) is 4.62. The van der Waals surface area contributed by atoms with Crippen LogP contribution in [0.4, 0.5) is 0 Å². The van der Waals surface area contributed by atoms with Gasteiger partial charge in [0.1, 0.15) is 0 Å². The summed E-state index contributed by atoms with van der Waals surface area (Å²) in [5, 5.41) is 0. The molecule has 1 saturated carbocycles. The SMILES string of the molecule is COCCN1C[C@@H](COC)C2(CCN(C(=O)C3CCC3)CC2)C1. The molecule has 2 heterocycles. The molecule has 132 valence electrons. The van der Waals surface area contributed by atoms with E-state index in [1.54, 1.807) is 14.2 Å². The van der Waals surface area contributed by atoms with Crippen molar-refractivity contribution in [3.05, 3.63) is 0 Å². The largest absolute Gasteiger partial charge is 0.384 e. The van der Waals surface area contributed by atoms with Crippen LogP contribution in [-0.4, -0.2) is 75.9 Å². The van der Waals surface area contributed by atoms with Gasteiger partial charge in [-0.25, -0.2) is 0 Å². The number of methoxy groups -OCH3 is 2. The zero-order chi connectivity index (χ0) is 16.3. The van der Waals surface area contributed by atoms with Crippen LogP contribution in [0, 0.1) is 17.3 Å². The summed E-state index contributed by atoms with van der Waals surface area (Å²) in [6.45, 7) is 6.75. The van der Waals surface area contributed by atoms with Gasteiger partial charge in [0, 0.05) is 58.8 Å².